The minimum Gasteiger partial charge on any atom is -0.493 e. The van der Waals surface area contributed by atoms with Crippen molar-refractivity contribution in [1.82, 2.24) is 20.0 Å². The Balaban J connectivity index is 1.70. The van der Waals surface area contributed by atoms with Crippen LogP contribution in [0.25, 0.3) is 5.69 Å². The number of nitrogens with one attached hydrogen (secondary N) is 1. The maximum absolute atomic E-state index is 12.4. The monoisotopic (exact) mass is 328 g/mol. The molecule has 2 heterocycles. The zero-order chi connectivity index (χ0) is 16.9. The van der Waals surface area contributed by atoms with Crippen LogP contribution < -0.4 is 10.1 Å². The number of ether oxygens (including phenoxy) is 1. The van der Waals surface area contributed by atoms with E-state index >= 15 is 0 Å². The Morgan fingerprint density at radius 2 is 1.92 bits per heavy atom. The highest BCUT2D eigenvalue weighted by atomic mass is 16.5. The number of benzene rings is 1. The van der Waals surface area contributed by atoms with Gasteiger partial charge in [0.25, 0.3) is 5.91 Å². The van der Waals surface area contributed by atoms with Gasteiger partial charge >= 0.3 is 0 Å². The molecule has 3 rings (SSSR count). The number of amides is 2. The fourth-order valence-corrected chi connectivity index (χ4v) is 2.70. The summed E-state index contributed by atoms with van der Waals surface area (Å²) in [6.45, 7) is 1.50. The summed E-state index contributed by atoms with van der Waals surface area (Å²) in [5, 5.41) is 6.91. The third kappa shape index (κ3) is 3.40. The molecule has 1 aromatic carbocycles. The lowest BCUT2D eigenvalue weighted by Gasteiger charge is -2.15. The first-order valence-electron chi connectivity index (χ1n) is 7.94. The summed E-state index contributed by atoms with van der Waals surface area (Å²) in [5.74, 6) is -0.124. The molecule has 0 radical (unpaired) electrons. The van der Waals surface area contributed by atoms with Gasteiger partial charge in [0, 0.05) is 13.1 Å². The Morgan fingerprint density at radius 1 is 1.21 bits per heavy atom. The molecule has 1 saturated heterocycles. The van der Waals surface area contributed by atoms with Crippen molar-refractivity contribution in [1.29, 1.82) is 0 Å². The first-order chi connectivity index (χ1) is 11.7. The zero-order valence-electron chi connectivity index (χ0n) is 13.6. The molecule has 1 N–H and O–H groups in total. The number of para-hydroxylation sites is 1. The van der Waals surface area contributed by atoms with Crippen LogP contribution in [0.5, 0.6) is 5.75 Å². The summed E-state index contributed by atoms with van der Waals surface area (Å²) < 4.78 is 6.82. The minimum absolute atomic E-state index is 0.0276. The summed E-state index contributed by atoms with van der Waals surface area (Å²) in [4.78, 5) is 26.1. The highest BCUT2D eigenvalue weighted by Gasteiger charge is 2.21. The maximum atomic E-state index is 12.4. The molecule has 0 aliphatic carbocycles. The second kappa shape index (κ2) is 7.16. The third-order valence-electron chi connectivity index (χ3n) is 4.00. The Labute approximate surface area is 140 Å². The van der Waals surface area contributed by atoms with Gasteiger partial charge < -0.3 is 15.0 Å². The average molecular weight is 328 g/mol. The van der Waals surface area contributed by atoms with Crippen LogP contribution in [0.3, 0.4) is 0 Å². The highest BCUT2D eigenvalue weighted by molar-refractivity contribution is 5.97. The number of rotatable bonds is 5. The van der Waals surface area contributed by atoms with Crippen molar-refractivity contribution in [2.45, 2.75) is 12.8 Å². The zero-order valence-corrected chi connectivity index (χ0v) is 13.6. The number of methoxy groups -OCH3 is 1. The Bertz CT molecular complexity index is 721. The molecular weight excluding hydrogens is 308 g/mol. The van der Waals surface area contributed by atoms with Gasteiger partial charge in [0.15, 0.2) is 11.4 Å². The first kappa shape index (κ1) is 16.0. The lowest BCUT2D eigenvalue weighted by atomic mass is 10.3. The number of likely N-dealkylation sites (tertiary alicyclic amines) is 1. The van der Waals surface area contributed by atoms with Gasteiger partial charge in [-0.25, -0.2) is 4.68 Å². The smallest absolute Gasteiger partial charge is 0.276 e. The van der Waals surface area contributed by atoms with E-state index in [0.29, 0.717) is 5.75 Å². The molecular formula is C17H20N4O3. The highest BCUT2D eigenvalue weighted by Crippen LogP contribution is 2.19. The molecule has 0 saturated carbocycles. The van der Waals surface area contributed by atoms with Crippen molar-refractivity contribution in [3.63, 3.8) is 0 Å². The van der Waals surface area contributed by atoms with Gasteiger partial charge in [-0.15, -0.1) is 0 Å². The number of carbonyl (C=O) groups excluding carboxylic acids is 2. The van der Waals surface area contributed by atoms with Crippen LogP contribution in [0.1, 0.15) is 23.3 Å². The van der Waals surface area contributed by atoms with Gasteiger partial charge in [0.1, 0.15) is 0 Å². The second-order valence-corrected chi connectivity index (χ2v) is 5.60. The largest absolute Gasteiger partial charge is 0.493 e. The molecule has 2 amide bonds. The van der Waals surface area contributed by atoms with Gasteiger partial charge in [0.05, 0.1) is 25.5 Å². The molecule has 0 atom stereocenters. The van der Waals surface area contributed by atoms with E-state index in [1.807, 2.05) is 30.3 Å². The topological polar surface area (TPSA) is 76.5 Å². The second-order valence-electron chi connectivity index (χ2n) is 5.60. The Kier molecular flexibility index (Phi) is 4.79. The predicted molar refractivity (Wildman–Crippen MR) is 88.3 cm³/mol. The fraction of sp³-hybridized carbons (Fsp3) is 0.353. The normalized spacial score (nSPS) is 13.8. The van der Waals surface area contributed by atoms with E-state index in [4.69, 9.17) is 4.74 Å². The molecule has 7 heteroatoms. The number of hydrogen-bond acceptors (Lipinski definition) is 4. The first-order valence-corrected chi connectivity index (χ1v) is 7.94. The van der Waals surface area contributed by atoms with E-state index in [2.05, 4.69) is 10.4 Å². The van der Waals surface area contributed by atoms with Crippen LogP contribution in [0, 0.1) is 0 Å². The van der Waals surface area contributed by atoms with Crippen LogP contribution in [-0.2, 0) is 4.79 Å². The Morgan fingerprint density at radius 3 is 2.58 bits per heavy atom. The lowest BCUT2D eigenvalue weighted by Crippen LogP contribution is -2.38. The van der Waals surface area contributed by atoms with Crippen molar-refractivity contribution in [3.05, 3.63) is 42.2 Å². The lowest BCUT2D eigenvalue weighted by molar-refractivity contribution is -0.129. The summed E-state index contributed by atoms with van der Waals surface area (Å²) in [5.41, 5.74) is 0.985. The summed E-state index contributed by atoms with van der Waals surface area (Å²) >= 11 is 0. The molecule has 7 nitrogen and oxygen atoms in total. The van der Waals surface area contributed by atoms with Crippen molar-refractivity contribution >= 4 is 11.8 Å². The van der Waals surface area contributed by atoms with E-state index in [1.54, 1.807) is 15.8 Å². The van der Waals surface area contributed by atoms with Crippen molar-refractivity contribution in [3.8, 4) is 11.4 Å². The minimum atomic E-state index is -0.422. The third-order valence-corrected chi connectivity index (χ3v) is 4.00. The quantitative estimate of drug-likeness (QED) is 0.896. The van der Waals surface area contributed by atoms with E-state index in [-0.39, 0.29) is 18.1 Å². The SMILES string of the molecule is COc1cn(-c2ccccc2)nc1C(=O)NCC(=O)N1CCCC1. The van der Waals surface area contributed by atoms with Gasteiger partial charge in [-0.3, -0.25) is 9.59 Å². The van der Waals surface area contributed by atoms with Crippen LogP contribution in [0.4, 0.5) is 0 Å². The fourth-order valence-electron chi connectivity index (χ4n) is 2.70. The van der Waals surface area contributed by atoms with Crippen molar-refractivity contribution in [2.24, 2.45) is 0 Å². The summed E-state index contributed by atoms with van der Waals surface area (Å²) in [6, 6.07) is 9.44. The Hall–Kier alpha value is -2.83. The number of carbonyl (C=O) groups is 2. The van der Waals surface area contributed by atoms with E-state index in [0.717, 1.165) is 31.6 Å². The molecule has 0 unspecified atom stereocenters. The predicted octanol–water partition coefficient (Wildman–Crippen LogP) is 1.23. The van der Waals surface area contributed by atoms with Gasteiger partial charge in [-0.05, 0) is 25.0 Å². The maximum Gasteiger partial charge on any atom is 0.276 e. The molecule has 1 aliphatic rings. The summed E-state index contributed by atoms with van der Waals surface area (Å²) in [6.07, 6.45) is 3.69. The van der Waals surface area contributed by atoms with E-state index in [1.165, 1.54) is 7.11 Å². The van der Waals surface area contributed by atoms with Crippen molar-refractivity contribution < 1.29 is 14.3 Å². The van der Waals surface area contributed by atoms with Crippen LogP contribution in [-0.4, -0.2) is 53.2 Å². The molecule has 24 heavy (non-hydrogen) atoms. The molecule has 1 aromatic heterocycles. The molecule has 126 valence electrons. The van der Waals surface area contributed by atoms with E-state index < -0.39 is 5.91 Å². The molecule has 0 spiro atoms. The standard InChI is InChI=1S/C17H20N4O3/c1-24-14-12-21(13-7-3-2-4-8-13)19-16(14)17(23)18-11-15(22)20-9-5-6-10-20/h2-4,7-8,12H,5-6,9-11H2,1H3,(H,18,23). The molecule has 1 fully saturated rings. The van der Waals surface area contributed by atoms with E-state index in [9.17, 15) is 9.59 Å². The molecule has 2 aromatic rings. The average Bonchev–Trinajstić information content (AvgIpc) is 3.29. The number of aromatic nitrogens is 2. The summed E-state index contributed by atoms with van der Waals surface area (Å²) in [7, 11) is 1.48. The van der Waals surface area contributed by atoms with Crippen LogP contribution in [0.15, 0.2) is 36.5 Å². The van der Waals surface area contributed by atoms with Crippen LogP contribution in [0.2, 0.25) is 0 Å². The van der Waals surface area contributed by atoms with Gasteiger partial charge in [-0.2, -0.15) is 5.10 Å². The molecule has 0 bridgehead atoms. The number of nitrogens with zero attached hydrogens (tertiary/aromatic N) is 3. The molecule has 1 aliphatic heterocycles. The van der Waals surface area contributed by atoms with Crippen LogP contribution >= 0.6 is 0 Å². The van der Waals surface area contributed by atoms with Gasteiger partial charge in [-0.1, -0.05) is 18.2 Å². The van der Waals surface area contributed by atoms with Crippen molar-refractivity contribution in [2.75, 3.05) is 26.7 Å². The number of hydrogen-bond donors (Lipinski definition) is 1. The van der Waals surface area contributed by atoms with Gasteiger partial charge in [0.2, 0.25) is 5.91 Å².